The number of nitrogens with one attached hydrogen (secondary N) is 1. The first-order valence-electron chi connectivity index (χ1n) is 3.14. The maximum atomic E-state index is 10.9. The summed E-state index contributed by atoms with van der Waals surface area (Å²) in [5, 5.41) is 13.8. The van der Waals surface area contributed by atoms with E-state index in [0.29, 0.717) is 19.0 Å². The molecule has 0 saturated heterocycles. The van der Waals surface area contributed by atoms with Crippen LogP contribution in [0.3, 0.4) is 0 Å². The van der Waals surface area contributed by atoms with Crippen molar-refractivity contribution in [3.8, 4) is 0 Å². The largest absolute Gasteiger partial charge is 0.715 e. The van der Waals surface area contributed by atoms with E-state index >= 15 is 0 Å². The molecule has 0 bridgehead atoms. The highest BCUT2D eigenvalue weighted by atomic mass is 16.5. The van der Waals surface area contributed by atoms with E-state index in [-0.39, 0.29) is 0 Å². The van der Waals surface area contributed by atoms with Crippen LogP contribution in [0, 0.1) is 5.21 Å². The summed E-state index contributed by atoms with van der Waals surface area (Å²) in [6.45, 7) is 0.967. The molecular formula is C6H7N3O. The van der Waals surface area contributed by atoms with Crippen LogP contribution >= 0.6 is 0 Å². The van der Waals surface area contributed by atoms with E-state index in [2.05, 4.69) is 10.3 Å². The van der Waals surface area contributed by atoms with Crippen molar-refractivity contribution in [3.63, 3.8) is 0 Å². The Morgan fingerprint density at radius 2 is 2.60 bits per heavy atom. The Labute approximate surface area is 58.2 Å². The maximum absolute atomic E-state index is 10.9. The Bertz CT molecular complexity index is 252. The van der Waals surface area contributed by atoms with Crippen molar-refractivity contribution in [1.29, 1.82) is 0 Å². The predicted molar refractivity (Wildman–Crippen MR) is 38.1 cm³/mol. The standard InChI is InChI=1S/C6H7N3O/c10-9-2-1-5-3-7-4-8-6(5)9/h1,3,8H,2,4H2. The number of hydroxylamine groups is 1. The quantitative estimate of drug-likeness (QED) is 0.360. The molecule has 10 heavy (non-hydrogen) atoms. The zero-order chi connectivity index (χ0) is 6.97. The van der Waals surface area contributed by atoms with Crippen LogP contribution in [0.5, 0.6) is 0 Å². The topological polar surface area (TPSA) is 50.5 Å². The molecule has 0 aromatic rings. The van der Waals surface area contributed by atoms with Crippen LogP contribution in [-0.2, 0) is 0 Å². The van der Waals surface area contributed by atoms with Gasteiger partial charge in [-0.1, -0.05) is 0 Å². The SMILES string of the molecule is [O-][N+]1=C2NCN=CC2=CC1. The molecule has 0 atom stereocenters. The summed E-state index contributed by atoms with van der Waals surface area (Å²) in [6, 6.07) is 0. The number of aliphatic imine (C=N–C) groups is 1. The van der Waals surface area contributed by atoms with Crippen LogP contribution in [0.4, 0.5) is 0 Å². The Hall–Kier alpha value is -1.32. The predicted octanol–water partition coefficient (Wildman–Crippen LogP) is -0.533. The number of nitrogens with zero attached hydrogens (tertiary/aromatic N) is 2. The van der Waals surface area contributed by atoms with E-state index in [1.165, 1.54) is 0 Å². The Kier molecular flexibility index (Phi) is 1.00. The Morgan fingerprint density at radius 3 is 3.40 bits per heavy atom. The van der Waals surface area contributed by atoms with Crippen molar-refractivity contribution >= 4 is 12.1 Å². The lowest BCUT2D eigenvalue weighted by atomic mass is 10.2. The van der Waals surface area contributed by atoms with Gasteiger partial charge in [0.05, 0.1) is 5.57 Å². The molecule has 0 aliphatic carbocycles. The van der Waals surface area contributed by atoms with Gasteiger partial charge in [0.15, 0.2) is 6.67 Å². The molecule has 0 aromatic carbocycles. The highest BCUT2D eigenvalue weighted by Crippen LogP contribution is 2.03. The van der Waals surface area contributed by atoms with E-state index in [1.807, 2.05) is 6.08 Å². The highest BCUT2D eigenvalue weighted by Gasteiger charge is 2.20. The lowest BCUT2D eigenvalue weighted by molar-refractivity contribution is -0.443. The molecule has 0 spiro atoms. The van der Waals surface area contributed by atoms with Gasteiger partial charge in [-0.05, 0) is 6.08 Å². The lowest BCUT2D eigenvalue weighted by Gasteiger charge is -2.09. The number of hydrogen-bond acceptors (Lipinski definition) is 3. The molecule has 2 heterocycles. The average Bonchev–Trinajstić information content (AvgIpc) is 2.34. The molecule has 4 nitrogen and oxygen atoms in total. The maximum Gasteiger partial charge on any atom is 0.283 e. The summed E-state index contributed by atoms with van der Waals surface area (Å²) in [6.07, 6.45) is 3.59. The van der Waals surface area contributed by atoms with Gasteiger partial charge in [0.2, 0.25) is 0 Å². The van der Waals surface area contributed by atoms with Gasteiger partial charge in [0.25, 0.3) is 5.84 Å². The molecule has 0 aromatic heterocycles. The normalized spacial score (nSPS) is 22.2. The lowest BCUT2D eigenvalue weighted by Crippen LogP contribution is -2.33. The van der Waals surface area contributed by atoms with Crippen molar-refractivity contribution in [2.75, 3.05) is 13.2 Å². The molecule has 0 fully saturated rings. The number of hydrogen-bond donors (Lipinski definition) is 1. The van der Waals surface area contributed by atoms with Crippen molar-refractivity contribution in [1.82, 2.24) is 5.32 Å². The molecule has 0 unspecified atom stereocenters. The van der Waals surface area contributed by atoms with Gasteiger partial charge in [-0.15, -0.1) is 0 Å². The molecule has 0 saturated carbocycles. The smallest absolute Gasteiger partial charge is 0.283 e. The Balaban J connectivity index is 2.42. The van der Waals surface area contributed by atoms with E-state index in [4.69, 9.17) is 0 Å². The molecule has 2 rings (SSSR count). The summed E-state index contributed by atoms with van der Waals surface area (Å²) in [4.78, 5) is 3.96. The van der Waals surface area contributed by atoms with Crippen LogP contribution in [0.2, 0.25) is 0 Å². The minimum absolute atomic E-state index is 0.448. The first kappa shape index (κ1) is 5.46. The molecule has 0 radical (unpaired) electrons. The van der Waals surface area contributed by atoms with Gasteiger partial charge in [-0.3, -0.25) is 10.1 Å². The van der Waals surface area contributed by atoms with Gasteiger partial charge in [0.1, 0.15) is 6.54 Å². The molecule has 1 N–H and O–H groups in total. The molecule has 2 aliphatic rings. The van der Waals surface area contributed by atoms with Gasteiger partial charge in [-0.25, -0.2) is 4.99 Å². The number of rotatable bonds is 0. The minimum atomic E-state index is 0.448. The monoisotopic (exact) mass is 137 g/mol. The zero-order valence-corrected chi connectivity index (χ0v) is 5.37. The summed E-state index contributed by atoms with van der Waals surface area (Å²) in [7, 11) is 0. The summed E-state index contributed by atoms with van der Waals surface area (Å²) in [5.41, 5.74) is 0.918. The third-order valence-electron chi connectivity index (χ3n) is 1.57. The van der Waals surface area contributed by atoms with Crippen LogP contribution < -0.4 is 5.32 Å². The minimum Gasteiger partial charge on any atom is -0.715 e. The van der Waals surface area contributed by atoms with E-state index in [1.54, 1.807) is 6.21 Å². The Morgan fingerprint density at radius 1 is 1.70 bits per heavy atom. The second kappa shape index (κ2) is 1.83. The van der Waals surface area contributed by atoms with Crippen molar-refractivity contribution in [2.45, 2.75) is 0 Å². The zero-order valence-electron chi connectivity index (χ0n) is 5.37. The average molecular weight is 137 g/mol. The van der Waals surface area contributed by atoms with Crippen LogP contribution in [-0.4, -0.2) is 30.0 Å². The van der Waals surface area contributed by atoms with Gasteiger partial charge >= 0.3 is 0 Å². The van der Waals surface area contributed by atoms with Gasteiger partial charge < -0.3 is 5.21 Å². The number of amidine groups is 1. The molecule has 52 valence electrons. The fourth-order valence-electron chi connectivity index (χ4n) is 1.08. The van der Waals surface area contributed by atoms with Crippen LogP contribution in [0.15, 0.2) is 16.6 Å². The van der Waals surface area contributed by atoms with Crippen molar-refractivity contribution in [3.05, 3.63) is 16.9 Å². The molecule has 2 aliphatic heterocycles. The highest BCUT2D eigenvalue weighted by molar-refractivity contribution is 6.14. The summed E-state index contributed by atoms with van der Waals surface area (Å²) < 4.78 is 0.931. The second-order valence-electron chi connectivity index (χ2n) is 2.22. The van der Waals surface area contributed by atoms with Crippen molar-refractivity contribution in [2.24, 2.45) is 4.99 Å². The van der Waals surface area contributed by atoms with Crippen LogP contribution in [0.25, 0.3) is 0 Å². The number of fused-ring (bicyclic) bond motifs is 1. The first-order valence-corrected chi connectivity index (χ1v) is 3.14. The van der Waals surface area contributed by atoms with E-state index in [0.717, 1.165) is 10.3 Å². The molecule has 0 amide bonds. The first-order chi connectivity index (χ1) is 4.88. The van der Waals surface area contributed by atoms with E-state index in [9.17, 15) is 5.21 Å². The van der Waals surface area contributed by atoms with Gasteiger partial charge in [0, 0.05) is 6.21 Å². The van der Waals surface area contributed by atoms with E-state index < -0.39 is 0 Å². The molecular weight excluding hydrogens is 130 g/mol. The summed E-state index contributed by atoms with van der Waals surface area (Å²) in [5.74, 6) is 0.662. The second-order valence-corrected chi connectivity index (χ2v) is 2.22. The summed E-state index contributed by atoms with van der Waals surface area (Å²) >= 11 is 0. The van der Waals surface area contributed by atoms with Crippen LogP contribution in [0.1, 0.15) is 0 Å². The third-order valence-corrected chi connectivity index (χ3v) is 1.57. The molecule has 4 heteroatoms. The third kappa shape index (κ3) is 0.618. The fraction of sp³-hybridized carbons (Fsp3) is 0.333. The van der Waals surface area contributed by atoms with Crippen molar-refractivity contribution < 1.29 is 4.74 Å². The fourth-order valence-corrected chi connectivity index (χ4v) is 1.08. The van der Waals surface area contributed by atoms with Gasteiger partial charge in [-0.2, -0.15) is 0 Å².